The van der Waals surface area contributed by atoms with Crippen molar-refractivity contribution in [2.24, 2.45) is 23.7 Å². The van der Waals surface area contributed by atoms with Crippen LogP contribution in [0.25, 0.3) is 0 Å². The number of allylic oxidation sites excluding steroid dienone is 1. The van der Waals surface area contributed by atoms with Crippen molar-refractivity contribution < 1.29 is 18.1 Å². The van der Waals surface area contributed by atoms with Gasteiger partial charge < -0.3 is 5.11 Å². The van der Waals surface area contributed by atoms with E-state index in [-0.39, 0.29) is 23.5 Å². The highest BCUT2D eigenvalue weighted by molar-refractivity contribution is 7.85. The van der Waals surface area contributed by atoms with Gasteiger partial charge in [0.1, 0.15) is 0 Å². The zero-order chi connectivity index (χ0) is 15.1. The Morgan fingerprint density at radius 2 is 2.05 bits per heavy atom. The summed E-state index contributed by atoms with van der Waals surface area (Å²) >= 11 is 0. The molecule has 2 aliphatic rings. The van der Waals surface area contributed by atoms with Crippen molar-refractivity contribution in [1.29, 1.82) is 0 Å². The quantitative estimate of drug-likeness (QED) is 0.621. The van der Waals surface area contributed by atoms with Crippen LogP contribution in [-0.4, -0.2) is 29.4 Å². The van der Waals surface area contributed by atoms with Crippen LogP contribution in [0.3, 0.4) is 0 Å². The average molecular weight is 302 g/mol. The highest BCUT2D eigenvalue weighted by Gasteiger charge is 2.47. The SMILES string of the molecule is CC(C)C1=CC2C(CC[C@]2(C)O)[C@H](CS(=O)(=O)O)CC1. The Kier molecular flexibility index (Phi) is 4.34. The van der Waals surface area contributed by atoms with Gasteiger partial charge in [0.2, 0.25) is 0 Å². The van der Waals surface area contributed by atoms with E-state index in [1.807, 2.05) is 6.92 Å². The van der Waals surface area contributed by atoms with Crippen LogP contribution >= 0.6 is 0 Å². The lowest BCUT2D eigenvalue weighted by Crippen LogP contribution is -2.34. The topological polar surface area (TPSA) is 74.6 Å². The van der Waals surface area contributed by atoms with Gasteiger partial charge in [0.25, 0.3) is 10.1 Å². The number of hydrogen-bond acceptors (Lipinski definition) is 3. The Balaban J connectivity index is 2.31. The molecule has 0 aliphatic heterocycles. The Hall–Kier alpha value is -0.390. The van der Waals surface area contributed by atoms with Crippen molar-refractivity contribution in [3.8, 4) is 0 Å². The minimum Gasteiger partial charge on any atom is -0.390 e. The first-order valence-electron chi connectivity index (χ1n) is 7.48. The van der Waals surface area contributed by atoms with E-state index in [2.05, 4.69) is 19.9 Å². The fourth-order valence-corrected chi connectivity index (χ4v) is 4.89. The van der Waals surface area contributed by atoms with Crippen molar-refractivity contribution >= 4 is 10.1 Å². The molecule has 2 unspecified atom stereocenters. The molecule has 2 aliphatic carbocycles. The molecule has 0 amide bonds. The maximum Gasteiger partial charge on any atom is 0.265 e. The van der Waals surface area contributed by atoms with Crippen molar-refractivity contribution in [3.05, 3.63) is 11.6 Å². The first-order chi connectivity index (χ1) is 9.10. The summed E-state index contributed by atoms with van der Waals surface area (Å²) in [5.74, 6) is 0.342. The molecule has 0 aromatic rings. The van der Waals surface area contributed by atoms with E-state index < -0.39 is 15.7 Å². The summed E-state index contributed by atoms with van der Waals surface area (Å²) in [6.07, 6.45) is 5.36. The van der Waals surface area contributed by atoms with Gasteiger partial charge in [0.05, 0.1) is 11.4 Å². The van der Waals surface area contributed by atoms with E-state index >= 15 is 0 Å². The average Bonchev–Trinajstić information content (AvgIpc) is 2.46. The Bertz CT molecular complexity index is 490. The van der Waals surface area contributed by atoms with Crippen LogP contribution in [0.2, 0.25) is 0 Å². The summed E-state index contributed by atoms with van der Waals surface area (Å²) < 4.78 is 31.7. The van der Waals surface area contributed by atoms with Gasteiger partial charge in [-0.05, 0) is 50.4 Å². The highest BCUT2D eigenvalue weighted by Crippen LogP contribution is 2.49. The van der Waals surface area contributed by atoms with Gasteiger partial charge in [0, 0.05) is 5.92 Å². The zero-order valence-electron chi connectivity index (χ0n) is 12.5. The Morgan fingerprint density at radius 1 is 1.40 bits per heavy atom. The number of aliphatic hydroxyl groups is 1. The predicted octanol–water partition coefficient (Wildman–Crippen LogP) is 2.64. The summed E-state index contributed by atoms with van der Waals surface area (Å²) in [4.78, 5) is 0. The highest BCUT2D eigenvalue weighted by atomic mass is 32.2. The lowest BCUT2D eigenvalue weighted by Gasteiger charge is -2.30. The van der Waals surface area contributed by atoms with Crippen LogP contribution in [-0.2, 0) is 10.1 Å². The molecule has 116 valence electrons. The molecule has 2 rings (SSSR count). The van der Waals surface area contributed by atoms with E-state index in [1.165, 1.54) is 5.57 Å². The Morgan fingerprint density at radius 3 is 2.60 bits per heavy atom. The molecule has 0 radical (unpaired) electrons. The molecule has 0 heterocycles. The van der Waals surface area contributed by atoms with Crippen LogP contribution in [0.15, 0.2) is 11.6 Å². The maximum atomic E-state index is 11.3. The zero-order valence-corrected chi connectivity index (χ0v) is 13.4. The summed E-state index contributed by atoms with van der Waals surface area (Å²) in [5.41, 5.74) is 0.548. The maximum absolute atomic E-state index is 11.3. The van der Waals surface area contributed by atoms with E-state index in [0.29, 0.717) is 12.3 Å². The van der Waals surface area contributed by atoms with Gasteiger partial charge in [-0.1, -0.05) is 25.5 Å². The fraction of sp³-hybridized carbons (Fsp3) is 0.867. The second kappa shape index (κ2) is 5.43. The monoisotopic (exact) mass is 302 g/mol. The molecule has 0 bridgehead atoms. The van der Waals surface area contributed by atoms with Crippen molar-refractivity contribution in [2.75, 3.05) is 5.75 Å². The first-order valence-corrected chi connectivity index (χ1v) is 9.09. The van der Waals surface area contributed by atoms with Crippen LogP contribution in [0.4, 0.5) is 0 Å². The van der Waals surface area contributed by atoms with Crippen LogP contribution in [0.5, 0.6) is 0 Å². The molecule has 1 fully saturated rings. The van der Waals surface area contributed by atoms with E-state index in [4.69, 9.17) is 0 Å². The van der Waals surface area contributed by atoms with Gasteiger partial charge in [-0.15, -0.1) is 0 Å². The molecule has 0 aromatic carbocycles. The molecule has 20 heavy (non-hydrogen) atoms. The third kappa shape index (κ3) is 3.43. The van der Waals surface area contributed by atoms with Crippen LogP contribution in [0.1, 0.15) is 46.5 Å². The van der Waals surface area contributed by atoms with Gasteiger partial charge >= 0.3 is 0 Å². The minimum absolute atomic E-state index is 0.00847. The summed E-state index contributed by atoms with van der Waals surface area (Å²) in [5, 5.41) is 10.6. The largest absolute Gasteiger partial charge is 0.390 e. The molecule has 1 saturated carbocycles. The molecule has 0 spiro atoms. The van der Waals surface area contributed by atoms with Gasteiger partial charge in [-0.2, -0.15) is 8.42 Å². The number of rotatable bonds is 3. The lowest BCUT2D eigenvalue weighted by molar-refractivity contribution is 0.0257. The van der Waals surface area contributed by atoms with Crippen LogP contribution < -0.4 is 0 Å². The number of fused-ring (bicyclic) bond motifs is 1. The summed E-state index contributed by atoms with van der Waals surface area (Å²) in [6.45, 7) is 6.11. The molecule has 4 atom stereocenters. The van der Waals surface area contributed by atoms with Gasteiger partial charge in [0.15, 0.2) is 0 Å². The molecule has 0 saturated heterocycles. The second-order valence-corrected chi connectivity index (χ2v) is 8.53. The summed E-state index contributed by atoms with van der Waals surface area (Å²) in [6, 6.07) is 0. The van der Waals surface area contributed by atoms with Crippen molar-refractivity contribution in [3.63, 3.8) is 0 Å². The van der Waals surface area contributed by atoms with Gasteiger partial charge in [-0.3, -0.25) is 4.55 Å². The lowest BCUT2D eigenvalue weighted by atomic mass is 9.80. The third-order valence-electron chi connectivity index (χ3n) is 5.13. The number of hydrogen-bond donors (Lipinski definition) is 2. The normalized spacial score (nSPS) is 38.5. The molecular weight excluding hydrogens is 276 g/mol. The second-order valence-electron chi connectivity index (χ2n) is 7.03. The fourth-order valence-electron chi connectivity index (χ4n) is 3.94. The van der Waals surface area contributed by atoms with E-state index in [0.717, 1.165) is 19.3 Å². The predicted molar refractivity (Wildman–Crippen MR) is 78.9 cm³/mol. The first kappa shape index (κ1) is 16.0. The molecule has 2 N–H and O–H groups in total. The van der Waals surface area contributed by atoms with E-state index in [1.54, 1.807) is 0 Å². The smallest absolute Gasteiger partial charge is 0.265 e. The van der Waals surface area contributed by atoms with Crippen molar-refractivity contribution in [1.82, 2.24) is 0 Å². The molecule has 5 heteroatoms. The van der Waals surface area contributed by atoms with Crippen LogP contribution in [0, 0.1) is 23.7 Å². The Labute approximate surface area is 122 Å². The molecular formula is C15H26O4S. The third-order valence-corrected chi connectivity index (χ3v) is 5.98. The standard InChI is InChI=1S/C15H26O4S/c1-10(2)11-4-5-12(9-20(17,18)19)13-6-7-15(3,16)14(13)8-11/h8,10,12-14,16H,4-7,9H2,1-3H3,(H,17,18,19)/t12-,13?,14?,15-/m0/s1. The van der Waals surface area contributed by atoms with Crippen molar-refractivity contribution in [2.45, 2.75) is 52.1 Å². The molecule has 0 aromatic heterocycles. The van der Waals surface area contributed by atoms with Gasteiger partial charge in [-0.25, -0.2) is 0 Å². The summed E-state index contributed by atoms with van der Waals surface area (Å²) in [7, 11) is -3.96. The minimum atomic E-state index is -3.96. The molecule has 4 nitrogen and oxygen atoms in total. The van der Waals surface area contributed by atoms with E-state index in [9.17, 15) is 18.1 Å².